The number of methoxy groups -OCH3 is 1. The molecule has 2 N–H and O–H groups in total. The molecule has 5 nitrogen and oxygen atoms in total. The molecule has 0 saturated heterocycles. The van der Waals surface area contributed by atoms with Gasteiger partial charge in [0.1, 0.15) is 6.10 Å². The van der Waals surface area contributed by atoms with Crippen LogP contribution in [0.1, 0.15) is 64.4 Å². The van der Waals surface area contributed by atoms with Crippen molar-refractivity contribution < 1.29 is 9.26 Å². The Labute approximate surface area is 103 Å². The van der Waals surface area contributed by atoms with E-state index in [0.29, 0.717) is 11.7 Å². The van der Waals surface area contributed by atoms with Crippen molar-refractivity contribution in [1.29, 1.82) is 0 Å². The molecule has 17 heavy (non-hydrogen) atoms. The van der Waals surface area contributed by atoms with E-state index in [0.717, 1.165) is 12.8 Å². The maximum Gasteiger partial charge on any atom is 0.244 e. The van der Waals surface area contributed by atoms with E-state index in [1.54, 1.807) is 7.11 Å². The molecule has 0 saturated carbocycles. The van der Waals surface area contributed by atoms with Crippen molar-refractivity contribution in [1.82, 2.24) is 10.1 Å². The molecule has 0 aliphatic rings. The van der Waals surface area contributed by atoms with Crippen molar-refractivity contribution in [3.8, 4) is 0 Å². The van der Waals surface area contributed by atoms with Gasteiger partial charge in [-0.25, -0.2) is 0 Å². The summed E-state index contributed by atoms with van der Waals surface area (Å²) in [7, 11) is 1.65. The summed E-state index contributed by atoms with van der Waals surface area (Å²) in [5.41, 5.74) is 5.96. The predicted octanol–water partition coefficient (Wildman–Crippen LogP) is 2.60. The topological polar surface area (TPSA) is 74.2 Å². The van der Waals surface area contributed by atoms with Crippen LogP contribution < -0.4 is 5.73 Å². The molecule has 2 atom stereocenters. The fourth-order valence-electron chi connectivity index (χ4n) is 1.49. The van der Waals surface area contributed by atoms with Crippen LogP contribution in [0.25, 0.3) is 0 Å². The number of ether oxygens (including phenoxy) is 1. The number of hydrogen-bond donors (Lipinski definition) is 1. The first-order chi connectivity index (χ1) is 7.90. The molecule has 0 aliphatic carbocycles. The van der Waals surface area contributed by atoms with Crippen molar-refractivity contribution in [2.24, 2.45) is 11.1 Å². The first kappa shape index (κ1) is 14.1. The van der Waals surface area contributed by atoms with Crippen molar-refractivity contribution in [2.75, 3.05) is 7.11 Å². The van der Waals surface area contributed by atoms with Crippen LogP contribution in [-0.4, -0.2) is 17.3 Å². The SMILES string of the molecule is CCCC(OC)c1noc([C@@H](N)C(C)(C)C)n1. The number of nitrogens with two attached hydrogens (primary N) is 1. The lowest BCUT2D eigenvalue weighted by molar-refractivity contribution is 0.0854. The Morgan fingerprint density at radius 3 is 2.53 bits per heavy atom. The molecule has 98 valence electrons. The van der Waals surface area contributed by atoms with E-state index < -0.39 is 0 Å². The summed E-state index contributed by atoms with van der Waals surface area (Å²) >= 11 is 0. The minimum absolute atomic E-state index is 0.100. The standard InChI is InChI=1S/C12H23N3O2/c1-6-7-8(16-5)10-14-11(17-15-10)9(13)12(2,3)4/h8-9H,6-7,13H2,1-5H3/t8?,9-/m1/s1. The summed E-state index contributed by atoms with van der Waals surface area (Å²) in [4.78, 5) is 4.34. The third kappa shape index (κ3) is 3.51. The molecule has 0 aromatic carbocycles. The molecule has 1 aromatic heterocycles. The Kier molecular flexibility index (Phi) is 4.65. The van der Waals surface area contributed by atoms with Crippen LogP contribution in [0.3, 0.4) is 0 Å². The largest absolute Gasteiger partial charge is 0.373 e. The van der Waals surface area contributed by atoms with Gasteiger partial charge in [-0.15, -0.1) is 0 Å². The molecule has 0 fully saturated rings. The predicted molar refractivity (Wildman–Crippen MR) is 65.3 cm³/mol. The Bertz CT molecular complexity index is 344. The van der Waals surface area contributed by atoms with Gasteiger partial charge in [-0.3, -0.25) is 0 Å². The van der Waals surface area contributed by atoms with Gasteiger partial charge in [0, 0.05) is 7.11 Å². The molecule has 1 unspecified atom stereocenters. The third-order valence-electron chi connectivity index (χ3n) is 2.78. The second kappa shape index (κ2) is 5.60. The first-order valence-electron chi connectivity index (χ1n) is 6.02. The number of hydrogen-bond acceptors (Lipinski definition) is 5. The van der Waals surface area contributed by atoms with Crippen molar-refractivity contribution >= 4 is 0 Å². The van der Waals surface area contributed by atoms with E-state index in [1.807, 2.05) is 20.8 Å². The fraction of sp³-hybridized carbons (Fsp3) is 0.833. The Balaban J connectivity index is 2.83. The zero-order chi connectivity index (χ0) is 13.1. The van der Waals surface area contributed by atoms with Crippen molar-refractivity contribution in [3.05, 3.63) is 11.7 Å². The molecule has 0 radical (unpaired) electrons. The van der Waals surface area contributed by atoms with Crippen LogP contribution in [0.5, 0.6) is 0 Å². The van der Waals surface area contributed by atoms with Crippen LogP contribution in [0.2, 0.25) is 0 Å². The quantitative estimate of drug-likeness (QED) is 0.857. The highest BCUT2D eigenvalue weighted by atomic mass is 16.5. The monoisotopic (exact) mass is 241 g/mol. The second-order valence-corrected chi connectivity index (χ2v) is 5.35. The van der Waals surface area contributed by atoms with E-state index in [1.165, 1.54) is 0 Å². The van der Waals surface area contributed by atoms with Crippen LogP contribution in [0.15, 0.2) is 4.52 Å². The van der Waals surface area contributed by atoms with Gasteiger partial charge in [-0.2, -0.15) is 4.98 Å². The number of rotatable bonds is 5. The lowest BCUT2D eigenvalue weighted by Gasteiger charge is -2.23. The van der Waals surface area contributed by atoms with Crippen LogP contribution in [0, 0.1) is 5.41 Å². The lowest BCUT2D eigenvalue weighted by atomic mass is 9.87. The van der Waals surface area contributed by atoms with Crippen molar-refractivity contribution in [3.63, 3.8) is 0 Å². The van der Waals surface area contributed by atoms with Crippen LogP contribution in [0.4, 0.5) is 0 Å². The van der Waals surface area contributed by atoms with Gasteiger partial charge in [0.05, 0.1) is 6.04 Å². The average Bonchev–Trinajstić information content (AvgIpc) is 2.72. The van der Waals surface area contributed by atoms with E-state index in [2.05, 4.69) is 17.1 Å². The summed E-state index contributed by atoms with van der Waals surface area (Å²) in [6.45, 7) is 8.22. The number of nitrogens with zero attached hydrogens (tertiary/aromatic N) is 2. The molecule has 0 spiro atoms. The maximum absolute atomic E-state index is 6.06. The minimum Gasteiger partial charge on any atom is -0.373 e. The van der Waals surface area contributed by atoms with Crippen LogP contribution in [-0.2, 0) is 4.74 Å². The summed E-state index contributed by atoms with van der Waals surface area (Å²) in [6, 6.07) is -0.261. The first-order valence-corrected chi connectivity index (χ1v) is 6.02. The zero-order valence-electron chi connectivity index (χ0n) is 11.4. The summed E-state index contributed by atoms with van der Waals surface area (Å²) in [6.07, 6.45) is 1.78. The highest BCUT2D eigenvalue weighted by Crippen LogP contribution is 2.30. The minimum atomic E-state index is -0.261. The highest BCUT2D eigenvalue weighted by molar-refractivity contribution is 4.98. The average molecular weight is 241 g/mol. The van der Waals surface area contributed by atoms with Gasteiger partial charge in [0.25, 0.3) is 0 Å². The van der Waals surface area contributed by atoms with E-state index in [-0.39, 0.29) is 17.6 Å². The second-order valence-electron chi connectivity index (χ2n) is 5.35. The molecule has 0 aliphatic heterocycles. The van der Waals surface area contributed by atoms with Gasteiger partial charge in [-0.05, 0) is 11.8 Å². The summed E-state index contributed by atoms with van der Waals surface area (Å²) in [5, 5.41) is 3.95. The van der Waals surface area contributed by atoms with E-state index in [9.17, 15) is 0 Å². The maximum atomic E-state index is 6.06. The highest BCUT2D eigenvalue weighted by Gasteiger charge is 2.28. The van der Waals surface area contributed by atoms with Gasteiger partial charge >= 0.3 is 0 Å². The molecule has 0 bridgehead atoms. The van der Waals surface area contributed by atoms with Gasteiger partial charge < -0.3 is 15.0 Å². The van der Waals surface area contributed by atoms with E-state index >= 15 is 0 Å². The van der Waals surface area contributed by atoms with Gasteiger partial charge in [-0.1, -0.05) is 39.3 Å². The molecule has 1 aromatic rings. The molecular formula is C12H23N3O2. The normalized spacial score (nSPS) is 15.9. The van der Waals surface area contributed by atoms with Crippen LogP contribution >= 0.6 is 0 Å². The number of aromatic nitrogens is 2. The Morgan fingerprint density at radius 1 is 1.41 bits per heavy atom. The zero-order valence-corrected chi connectivity index (χ0v) is 11.4. The summed E-state index contributed by atoms with van der Waals surface area (Å²) < 4.78 is 10.5. The summed E-state index contributed by atoms with van der Waals surface area (Å²) in [5.74, 6) is 1.06. The van der Waals surface area contributed by atoms with Gasteiger partial charge in [0.2, 0.25) is 11.7 Å². The smallest absolute Gasteiger partial charge is 0.244 e. The molecular weight excluding hydrogens is 218 g/mol. The lowest BCUT2D eigenvalue weighted by Crippen LogP contribution is -2.26. The Morgan fingerprint density at radius 2 is 2.06 bits per heavy atom. The van der Waals surface area contributed by atoms with Gasteiger partial charge in [0.15, 0.2) is 0 Å². The van der Waals surface area contributed by atoms with Crippen molar-refractivity contribution in [2.45, 2.75) is 52.7 Å². The molecule has 5 heteroatoms. The third-order valence-corrected chi connectivity index (χ3v) is 2.78. The molecule has 1 heterocycles. The van der Waals surface area contributed by atoms with E-state index in [4.69, 9.17) is 15.0 Å². The fourth-order valence-corrected chi connectivity index (χ4v) is 1.49. The molecule has 1 rings (SSSR count). The Hall–Kier alpha value is -0.940. The molecule has 0 amide bonds.